The summed E-state index contributed by atoms with van der Waals surface area (Å²) in [7, 11) is 0. The molecule has 0 aromatic carbocycles. The fourth-order valence-corrected chi connectivity index (χ4v) is 3.25. The van der Waals surface area contributed by atoms with Crippen molar-refractivity contribution in [2.24, 2.45) is 0 Å². The van der Waals surface area contributed by atoms with Crippen LogP contribution in [0.2, 0.25) is 0 Å². The summed E-state index contributed by atoms with van der Waals surface area (Å²) in [6.45, 7) is 3.19. The molecule has 0 radical (unpaired) electrons. The number of rotatable bonds is 2. The lowest BCUT2D eigenvalue weighted by Crippen LogP contribution is -2.51. The molecular formula is C11H16ClIN2OS. The van der Waals surface area contributed by atoms with Gasteiger partial charge in [-0.3, -0.25) is 4.79 Å². The Morgan fingerprint density at radius 3 is 3.00 bits per heavy atom. The SMILES string of the molecule is CC1NCCCC1NC(=O)c1csc(I)c1.Cl. The molecule has 3 nitrogen and oxygen atoms in total. The molecule has 2 atom stereocenters. The number of halogens is 2. The Morgan fingerprint density at radius 2 is 2.41 bits per heavy atom. The van der Waals surface area contributed by atoms with Crippen LogP contribution >= 0.6 is 46.3 Å². The van der Waals surface area contributed by atoms with Crippen molar-refractivity contribution in [1.82, 2.24) is 10.6 Å². The number of nitrogens with one attached hydrogen (secondary N) is 2. The third-order valence-corrected chi connectivity index (χ3v) is 4.70. The Morgan fingerprint density at radius 1 is 1.65 bits per heavy atom. The first kappa shape index (κ1) is 15.2. The van der Waals surface area contributed by atoms with Crippen LogP contribution in [0.1, 0.15) is 30.1 Å². The predicted molar refractivity (Wildman–Crippen MR) is 82.2 cm³/mol. The number of hydrogen-bond acceptors (Lipinski definition) is 3. The topological polar surface area (TPSA) is 41.1 Å². The number of carbonyl (C=O) groups excluding carboxylic acids is 1. The normalized spacial score (nSPS) is 23.9. The molecule has 2 N–H and O–H groups in total. The van der Waals surface area contributed by atoms with E-state index in [-0.39, 0.29) is 24.4 Å². The Bertz CT molecular complexity index is 385. The van der Waals surface area contributed by atoms with Crippen molar-refractivity contribution in [2.75, 3.05) is 6.54 Å². The lowest BCUT2D eigenvalue weighted by molar-refractivity contribution is 0.0920. The van der Waals surface area contributed by atoms with Gasteiger partial charge in [-0.2, -0.15) is 0 Å². The van der Waals surface area contributed by atoms with Gasteiger partial charge in [0.2, 0.25) is 0 Å². The Hall–Kier alpha value is 0.150. The first-order valence-corrected chi connectivity index (χ1v) is 7.41. The van der Waals surface area contributed by atoms with Crippen LogP contribution in [-0.2, 0) is 0 Å². The largest absolute Gasteiger partial charge is 0.348 e. The minimum absolute atomic E-state index is 0. The number of hydrogen-bond donors (Lipinski definition) is 2. The van der Waals surface area contributed by atoms with Crippen LogP contribution in [0.25, 0.3) is 0 Å². The van der Waals surface area contributed by atoms with Gasteiger partial charge in [0, 0.05) is 17.5 Å². The van der Waals surface area contributed by atoms with Crippen LogP contribution in [0, 0.1) is 2.88 Å². The van der Waals surface area contributed by atoms with E-state index in [4.69, 9.17) is 0 Å². The third kappa shape index (κ3) is 4.08. The molecule has 0 aliphatic carbocycles. The molecule has 1 saturated heterocycles. The molecule has 6 heteroatoms. The summed E-state index contributed by atoms with van der Waals surface area (Å²) >= 11 is 3.84. The summed E-state index contributed by atoms with van der Waals surface area (Å²) in [5.74, 6) is 0.0553. The van der Waals surface area contributed by atoms with Crippen LogP contribution in [0.3, 0.4) is 0 Å². The number of thiophene rings is 1. The fourth-order valence-electron chi connectivity index (χ4n) is 1.92. The molecule has 2 rings (SSSR count). The molecule has 2 unspecified atom stereocenters. The van der Waals surface area contributed by atoms with Gasteiger partial charge in [-0.15, -0.1) is 23.7 Å². The molecule has 1 amide bonds. The second kappa shape index (κ2) is 6.92. The van der Waals surface area contributed by atoms with Gasteiger partial charge in [0.25, 0.3) is 5.91 Å². The summed E-state index contributed by atoms with van der Waals surface area (Å²) in [6, 6.07) is 2.57. The Kier molecular flexibility index (Phi) is 6.19. The summed E-state index contributed by atoms with van der Waals surface area (Å²) in [5.41, 5.74) is 0.784. The van der Waals surface area contributed by atoms with E-state index < -0.39 is 0 Å². The van der Waals surface area contributed by atoms with Gasteiger partial charge in [-0.05, 0) is 55.0 Å². The first-order chi connectivity index (χ1) is 7.66. The van der Waals surface area contributed by atoms with E-state index in [0.29, 0.717) is 6.04 Å². The molecule has 1 aliphatic rings. The zero-order chi connectivity index (χ0) is 11.5. The minimum atomic E-state index is 0. The van der Waals surface area contributed by atoms with Gasteiger partial charge in [0.15, 0.2) is 0 Å². The Balaban J connectivity index is 0.00000144. The van der Waals surface area contributed by atoms with E-state index in [1.54, 1.807) is 11.3 Å². The summed E-state index contributed by atoms with van der Waals surface area (Å²) in [6.07, 6.45) is 2.21. The van der Waals surface area contributed by atoms with Gasteiger partial charge < -0.3 is 10.6 Å². The van der Waals surface area contributed by atoms with Crippen molar-refractivity contribution >= 4 is 52.2 Å². The third-order valence-electron chi connectivity index (χ3n) is 2.91. The molecule has 1 aliphatic heterocycles. The van der Waals surface area contributed by atoms with E-state index in [2.05, 4.69) is 40.1 Å². The van der Waals surface area contributed by atoms with Gasteiger partial charge in [0.05, 0.1) is 8.45 Å². The van der Waals surface area contributed by atoms with Crippen LogP contribution < -0.4 is 10.6 Å². The minimum Gasteiger partial charge on any atom is -0.348 e. The molecular weight excluding hydrogens is 371 g/mol. The zero-order valence-electron chi connectivity index (χ0n) is 9.53. The highest BCUT2D eigenvalue weighted by atomic mass is 127. The van der Waals surface area contributed by atoms with Crippen LogP contribution in [0.15, 0.2) is 11.4 Å². The standard InChI is InChI=1S/C11H15IN2OS.ClH/c1-7-9(3-2-4-13-7)14-11(15)8-5-10(12)16-6-8;/h5-7,9,13H,2-4H2,1H3,(H,14,15);1H. The summed E-state index contributed by atoms with van der Waals surface area (Å²) < 4.78 is 1.15. The monoisotopic (exact) mass is 386 g/mol. The Labute approximate surface area is 125 Å². The average Bonchev–Trinajstić information content (AvgIpc) is 2.68. The summed E-state index contributed by atoms with van der Waals surface area (Å²) in [5, 5.41) is 8.40. The van der Waals surface area contributed by atoms with Crippen LogP contribution in [-0.4, -0.2) is 24.5 Å². The molecule has 96 valence electrons. The number of carbonyl (C=O) groups is 1. The molecule has 17 heavy (non-hydrogen) atoms. The van der Waals surface area contributed by atoms with Crippen molar-refractivity contribution in [3.05, 3.63) is 19.9 Å². The average molecular weight is 387 g/mol. The highest BCUT2D eigenvalue weighted by Gasteiger charge is 2.22. The van der Waals surface area contributed by atoms with Gasteiger partial charge in [-0.1, -0.05) is 0 Å². The van der Waals surface area contributed by atoms with Crippen molar-refractivity contribution in [3.63, 3.8) is 0 Å². The second-order valence-corrected chi connectivity index (χ2v) is 6.91. The van der Waals surface area contributed by atoms with E-state index in [9.17, 15) is 4.79 Å². The number of amides is 1. The van der Waals surface area contributed by atoms with Crippen molar-refractivity contribution in [1.29, 1.82) is 0 Å². The molecule has 0 spiro atoms. The second-order valence-electron chi connectivity index (χ2n) is 4.10. The van der Waals surface area contributed by atoms with E-state index in [1.165, 1.54) is 0 Å². The van der Waals surface area contributed by atoms with E-state index in [0.717, 1.165) is 27.8 Å². The van der Waals surface area contributed by atoms with Crippen molar-refractivity contribution < 1.29 is 4.79 Å². The highest BCUT2D eigenvalue weighted by Crippen LogP contribution is 2.17. The highest BCUT2D eigenvalue weighted by molar-refractivity contribution is 14.1. The van der Waals surface area contributed by atoms with Gasteiger partial charge in [-0.25, -0.2) is 0 Å². The molecule has 0 saturated carbocycles. The van der Waals surface area contributed by atoms with Crippen LogP contribution in [0.5, 0.6) is 0 Å². The van der Waals surface area contributed by atoms with Gasteiger partial charge >= 0.3 is 0 Å². The molecule has 1 aromatic rings. The fraction of sp³-hybridized carbons (Fsp3) is 0.545. The van der Waals surface area contributed by atoms with E-state index >= 15 is 0 Å². The van der Waals surface area contributed by atoms with Gasteiger partial charge in [0.1, 0.15) is 0 Å². The quantitative estimate of drug-likeness (QED) is 0.767. The number of piperidine rings is 1. The maximum atomic E-state index is 11.9. The first-order valence-electron chi connectivity index (χ1n) is 5.45. The molecule has 0 bridgehead atoms. The van der Waals surface area contributed by atoms with Crippen LogP contribution in [0.4, 0.5) is 0 Å². The maximum absolute atomic E-state index is 11.9. The predicted octanol–water partition coefficient (Wildman–Crippen LogP) is 2.64. The maximum Gasteiger partial charge on any atom is 0.252 e. The molecule has 1 aromatic heterocycles. The van der Waals surface area contributed by atoms with E-state index in [1.807, 2.05) is 11.4 Å². The zero-order valence-corrected chi connectivity index (χ0v) is 13.3. The lowest BCUT2D eigenvalue weighted by Gasteiger charge is -2.30. The smallest absolute Gasteiger partial charge is 0.252 e. The summed E-state index contributed by atoms with van der Waals surface area (Å²) in [4.78, 5) is 11.9. The van der Waals surface area contributed by atoms with Crippen molar-refractivity contribution in [2.45, 2.75) is 31.8 Å². The molecule has 2 heterocycles. The van der Waals surface area contributed by atoms with Crippen molar-refractivity contribution in [3.8, 4) is 0 Å². The lowest BCUT2D eigenvalue weighted by atomic mass is 10.00. The molecule has 1 fully saturated rings.